The monoisotopic (exact) mass is 395 g/mol. The molecule has 0 aliphatic carbocycles. The molecule has 3 rings (SSSR count). The molecule has 144 valence electrons. The molecule has 0 spiro atoms. The van der Waals surface area contributed by atoms with Crippen LogP contribution in [-0.2, 0) is 16.0 Å². The second-order valence-corrected chi connectivity index (χ2v) is 7.04. The number of carbonyl (C=O) groups excluding carboxylic acids is 1. The number of aryl methyl sites for hydroxylation is 1. The van der Waals surface area contributed by atoms with Gasteiger partial charge in [0.1, 0.15) is 22.1 Å². The van der Waals surface area contributed by atoms with Gasteiger partial charge in [-0.25, -0.2) is 9.79 Å². The minimum absolute atomic E-state index is 0.0411. The summed E-state index contributed by atoms with van der Waals surface area (Å²) in [5.41, 5.74) is 2.36. The Balaban J connectivity index is 2.09. The smallest absolute Gasteiger partial charge is 0.344 e. The van der Waals surface area contributed by atoms with Gasteiger partial charge in [-0.1, -0.05) is 55.1 Å². The van der Waals surface area contributed by atoms with Gasteiger partial charge >= 0.3 is 5.97 Å². The summed E-state index contributed by atoms with van der Waals surface area (Å²) < 4.78 is 5.12. The van der Waals surface area contributed by atoms with Crippen molar-refractivity contribution in [1.82, 2.24) is 0 Å². The number of hydrogen-bond donors (Lipinski definition) is 2. The Hall–Kier alpha value is -2.99. The number of aliphatic hydroxyl groups excluding tert-OH is 1. The number of aliphatic hydroxyl groups is 1. The standard InChI is InChI=1S/C22H21NO4S/c1-3-14-9-5-7-11-16(14)23-21-19(22(26)27-4-2)20(25)18(28-21)13-15-10-6-8-12-17(15)24/h5-13,24-25H,3-4H2,1-2H3/b18-13+,23-21?. The first-order chi connectivity index (χ1) is 13.5. The van der Waals surface area contributed by atoms with Gasteiger partial charge in [0.15, 0.2) is 0 Å². The summed E-state index contributed by atoms with van der Waals surface area (Å²) in [7, 11) is 0. The molecular formula is C22H21NO4S. The summed E-state index contributed by atoms with van der Waals surface area (Å²) in [5.74, 6) is -0.733. The van der Waals surface area contributed by atoms with Gasteiger partial charge in [-0.2, -0.15) is 0 Å². The summed E-state index contributed by atoms with van der Waals surface area (Å²) >= 11 is 1.17. The maximum Gasteiger partial charge on any atom is 0.344 e. The first-order valence-electron chi connectivity index (χ1n) is 9.00. The van der Waals surface area contributed by atoms with Gasteiger partial charge in [-0.05, 0) is 37.1 Å². The number of nitrogens with zero attached hydrogens (tertiary/aromatic N) is 1. The molecule has 0 bridgehead atoms. The number of thioether (sulfide) groups is 1. The lowest BCUT2D eigenvalue weighted by molar-refractivity contribution is -0.138. The van der Waals surface area contributed by atoms with E-state index in [1.807, 2.05) is 31.2 Å². The fourth-order valence-electron chi connectivity index (χ4n) is 2.77. The SMILES string of the molecule is CCOC(=O)C1=C(O)/C(=C\c2ccccc2O)SC1=Nc1ccccc1CC. The highest BCUT2D eigenvalue weighted by Crippen LogP contribution is 2.41. The molecule has 0 saturated carbocycles. The van der Waals surface area contributed by atoms with Crippen molar-refractivity contribution in [2.75, 3.05) is 6.61 Å². The van der Waals surface area contributed by atoms with Gasteiger partial charge in [0.05, 0.1) is 17.2 Å². The molecule has 1 heterocycles. The third-order valence-corrected chi connectivity index (χ3v) is 5.21. The van der Waals surface area contributed by atoms with Gasteiger partial charge in [0.2, 0.25) is 0 Å². The lowest BCUT2D eigenvalue weighted by Gasteiger charge is -2.06. The number of rotatable bonds is 5. The Morgan fingerprint density at radius 3 is 2.54 bits per heavy atom. The van der Waals surface area contributed by atoms with Crippen LogP contribution in [0, 0.1) is 0 Å². The van der Waals surface area contributed by atoms with Crippen molar-refractivity contribution >= 4 is 34.5 Å². The molecule has 0 radical (unpaired) electrons. The van der Waals surface area contributed by atoms with Crippen LogP contribution < -0.4 is 0 Å². The van der Waals surface area contributed by atoms with Gasteiger partial charge in [0, 0.05) is 5.56 Å². The second-order valence-electron chi connectivity index (χ2n) is 6.01. The molecule has 2 N–H and O–H groups in total. The highest BCUT2D eigenvalue weighted by molar-refractivity contribution is 8.18. The zero-order valence-electron chi connectivity index (χ0n) is 15.7. The van der Waals surface area contributed by atoms with Gasteiger partial charge in [0.25, 0.3) is 0 Å². The average molecular weight is 395 g/mol. The third kappa shape index (κ3) is 4.12. The van der Waals surface area contributed by atoms with Crippen LogP contribution in [0.2, 0.25) is 0 Å². The van der Waals surface area contributed by atoms with Crippen LogP contribution in [0.3, 0.4) is 0 Å². The van der Waals surface area contributed by atoms with Crippen LogP contribution in [0.1, 0.15) is 25.0 Å². The number of benzene rings is 2. The van der Waals surface area contributed by atoms with Crippen molar-refractivity contribution in [3.05, 3.63) is 75.9 Å². The van der Waals surface area contributed by atoms with Crippen LogP contribution in [0.15, 0.2) is 69.8 Å². The molecule has 0 saturated heterocycles. The first-order valence-corrected chi connectivity index (χ1v) is 9.82. The van der Waals surface area contributed by atoms with Crippen LogP contribution in [0.4, 0.5) is 5.69 Å². The topological polar surface area (TPSA) is 79.1 Å². The lowest BCUT2D eigenvalue weighted by atomic mass is 10.1. The quantitative estimate of drug-likeness (QED) is 0.685. The number of aromatic hydroxyl groups is 1. The van der Waals surface area contributed by atoms with Crippen molar-refractivity contribution < 1.29 is 19.7 Å². The number of ether oxygens (including phenoxy) is 1. The maximum atomic E-state index is 12.5. The number of esters is 1. The fourth-order valence-corrected chi connectivity index (χ4v) is 3.79. The van der Waals surface area contributed by atoms with E-state index in [1.54, 1.807) is 37.3 Å². The third-order valence-electron chi connectivity index (χ3n) is 4.19. The minimum atomic E-state index is -0.624. The van der Waals surface area contributed by atoms with E-state index in [9.17, 15) is 15.0 Å². The Morgan fingerprint density at radius 1 is 1.11 bits per heavy atom. The van der Waals surface area contributed by atoms with E-state index in [0.29, 0.717) is 15.5 Å². The van der Waals surface area contributed by atoms with Crippen LogP contribution in [0.25, 0.3) is 6.08 Å². The Bertz CT molecular complexity index is 992. The average Bonchev–Trinajstić information content (AvgIpc) is 2.99. The highest BCUT2D eigenvalue weighted by Gasteiger charge is 2.33. The van der Waals surface area contributed by atoms with E-state index < -0.39 is 5.97 Å². The zero-order valence-corrected chi connectivity index (χ0v) is 16.5. The summed E-state index contributed by atoms with van der Waals surface area (Å²) in [6.07, 6.45) is 2.42. The molecule has 1 aliphatic rings. The number of aliphatic imine (C=N–C) groups is 1. The predicted molar refractivity (Wildman–Crippen MR) is 113 cm³/mol. The molecule has 6 heteroatoms. The molecule has 2 aromatic carbocycles. The predicted octanol–water partition coefficient (Wildman–Crippen LogP) is 5.15. The number of phenolic OH excluding ortho intramolecular Hbond substituents is 1. The van der Waals surface area contributed by atoms with Crippen LogP contribution >= 0.6 is 11.8 Å². The molecule has 2 aromatic rings. The van der Waals surface area contributed by atoms with E-state index in [1.165, 1.54) is 11.8 Å². The maximum absolute atomic E-state index is 12.5. The highest BCUT2D eigenvalue weighted by atomic mass is 32.2. The van der Waals surface area contributed by atoms with E-state index in [-0.39, 0.29) is 23.7 Å². The van der Waals surface area contributed by atoms with Crippen molar-refractivity contribution in [2.45, 2.75) is 20.3 Å². The van der Waals surface area contributed by atoms with Crippen molar-refractivity contribution in [3.8, 4) is 5.75 Å². The summed E-state index contributed by atoms with van der Waals surface area (Å²) in [6, 6.07) is 14.5. The van der Waals surface area contributed by atoms with Crippen LogP contribution in [0.5, 0.6) is 5.75 Å². The molecule has 5 nitrogen and oxygen atoms in total. The van der Waals surface area contributed by atoms with E-state index in [4.69, 9.17) is 4.74 Å². The number of phenols is 1. The molecule has 0 atom stereocenters. The molecule has 28 heavy (non-hydrogen) atoms. The molecular weight excluding hydrogens is 374 g/mol. The molecule has 0 amide bonds. The Kier molecular flexibility index (Phi) is 6.21. The molecule has 0 unspecified atom stereocenters. The van der Waals surface area contributed by atoms with Gasteiger partial charge < -0.3 is 14.9 Å². The van der Waals surface area contributed by atoms with Crippen molar-refractivity contribution in [3.63, 3.8) is 0 Å². The number of hydrogen-bond acceptors (Lipinski definition) is 6. The van der Waals surface area contributed by atoms with Crippen molar-refractivity contribution in [1.29, 1.82) is 0 Å². The van der Waals surface area contributed by atoms with E-state index in [0.717, 1.165) is 17.7 Å². The lowest BCUT2D eigenvalue weighted by Crippen LogP contribution is -2.13. The Labute approximate surface area is 168 Å². The Morgan fingerprint density at radius 2 is 1.82 bits per heavy atom. The molecule has 1 aliphatic heterocycles. The van der Waals surface area contributed by atoms with Crippen LogP contribution in [-0.4, -0.2) is 27.8 Å². The zero-order chi connectivity index (χ0) is 20.1. The normalized spacial score (nSPS) is 16.8. The largest absolute Gasteiger partial charge is 0.507 e. The fraction of sp³-hybridized carbons (Fsp3) is 0.182. The summed E-state index contributed by atoms with van der Waals surface area (Å²) in [5, 5.41) is 21.1. The minimum Gasteiger partial charge on any atom is -0.507 e. The summed E-state index contributed by atoms with van der Waals surface area (Å²) in [6.45, 7) is 3.93. The second kappa shape index (κ2) is 8.80. The summed E-state index contributed by atoms with van der Waals surface area (Å²) in [4.78, 5) is 17.5. The molecule has 0 fully saturated rings. The van der Waals surface area contributed by atoms with E-state index in [2.05, 4.69) is 4.99 Å². The first kappa shape index (κ1) is 19.8. The number of para-hydroxylation sites is 2. The van der Waals surface area contributed by atoms with Gasteiger partial charge in [-0.15, -0.1) is 0 Å². The van der Waals surface area contributed by atoms with Gasteiger partial charge in [-0.3, -0.25) is 0 Å². The number of carbonyl (C=O) groups is 1. The van der Waals surface area contributed by atoms with Crippen molar-refractivity contribution in [2.24, 2.45) is 4.99 Å². The van der Waals surface area contributed by atoms with E-state index >= 15 is 0 Å². The molecule has 0 aromatic heterocycles.